The van der Waals surface area contributed by atoms with Gasteiger partial charge in [-0.1, -0.05) is 20.8 Å². The van der Waals surface area contributed by atoms with Crippen molar-refractivity contribution in [1.29, 1.82) is 0 Å². The van der Waals surface area contributed by atoms with Gasteiger partial charge in [0.25, 0.3) is 0 Å². The predicted octanol–water partition coefficient (Wildman–Crippen LogP) is 2.49. The van der Waals surface area contributed by atoms with Gasteiger partial charge in [0.1, 0.15) is 0 Å². The molecule has 0 saturated carbocycles. The van der Waals surface area contributed by atoms with Crippen molar-refractivity contribution in [2.24, 2.45) is 10.4 Å². The standard InChI is InChI=1S/C18H29NO5Si/c1-18(2,3)17-9-12-8-15(20-4)16(21-5)10-13(12)14(19-17)11-24-25(22-6)23-7/h8,10,17,25H,9,11H2,1-7H3/t17-/m0/s1. The maximum absolute atomic E-state index is 5.82. The van der Waals surface area contributed by atoms with Gasteiger partial charge in [-0.2, -0.15) is 0 Å². The fourth-order valence-electron chi connectivity index (χ4n) is 2.86. The Bertz CT molecular complexity index is 623. The minimum atomic E-state index is -2.11. The van der Waals surface area contributed by atoms with Crippen molar-refractivity contribution in [2.75, 3.05) is 35.0 Å². The van der Waals surface area contributed by atoms with E-state index in [2.05, 4.69) is 20.8 Å². The van der Waals surface area contributed by atoms with Crippen LogP contribution in [0, 0.1) is 5.41 Å². The van der Waals surface area contributed by atoms with E-state index in [1.54, 1.807) is 28.4 Å². The summed E-state index contributed by atoms with van der Waals surface area (Å²) in [6, 6.07) is 4.19. The van der Waals surface area contributed by atoms with Gasteiger partial charge in [-0.15, -0.1) is 0 Å². The van der Waals surface area contributed by atoms with Crippen LogP contribution < -0.4 is 9.47 Å². The molecule has 0 fully saturated rings. The largest absolute Gasteiger partial charge is 0.493 e. The van der Waals surface area contributed by atoms with Gasteiger partial charge < -0.3 is 22.8 Å². The molecule has 0 unspecified atom stereocenters. The van der Waals surface area contributed by atoms with Crippen LogP contribution in [0.2, 0.25) is 0 Å². The van der Waals surface area contributed by atoms with Gasteiger partial charge in [-0.25, -0.2) is 0 Å². The Morgan fingerprint density at radius 2 is 1.64 bits per heavy atom. The summed E-state index contributed by atoms with van der Waals surface area (Å²) in [7, 11) is 4.38. The molecule has 1 heterocycles. The minimum absolute atomic E-state index is 0.0510. The molecule has 0 saturated heterocycles. The van der Waals surface area contributed by atoms with E-state index in [-0.39, 0.29) is 11.5 Å². The number of nitrogens with zero attached hydrogens (tertiary/aromatic N) is 1. The number of hydrogen-bond donors (Lipinski definition) is 0. The number of hydrogen-bond acceptors (Lipinski definition) is 6. The van der Waals surface area contributed by atoms with Gasteiger partial charge >= 0.3 is 9.53 Å². The highest BCUT2D eigenvalue weighted by Crippen LogP contribution is 2.37. The third-order valence-corrected chi connectivity index (χ3v) is 5.59. The SMILES string of the molecule is COc1cc2c(cc1OC)C(CO[SiH](OC)OC)=N[C@H](C(C)(C)C)C2. The van der Waals surface area contributed by atoms with Gasteiger partial charge in [0, 0.05) is 19.8 Å². The summed E-state index contributed by atoms with van der Waals surface area (Å²) in [6.45, 7) is 6.96. The van der Waals surface area contributed by atoms with E-state index in [4.69, 9.17) is 27.7 Å². The maximum Gasteiger partial charge on any atom is 0.484 e. The monoisotopic (exact) mass is 367 g/mol. The molecule has 1 aliphatic heterocycles. The fourth-order valence-corrected chi connectivity index (χ4v) is 3.62. The second kappa shape index (κ2) is 8.31. The lowest BCUT2D eigenvalue weighted by Crippen LogP contribution is -2.35. The molecule has 2 rings (SSSR count). The summed E-state index contributed by atoms with van der Waals surface area (Å²) in [4.78, 5) is 4.97. The molecule has 0 N–H and O–H groups in total. The maximum atomic E-state index is 5.82. The average Bonchev–Trinajstić information content (AvgIpc) is 2.60. The molecule has 0 bridgehead atoms. The van der Waals surface area contributed by atoms with Gasteiger partial charge in [-0.3, -0.25) is 4.99 Å². The number of fused-ring (bicyclic) bond motifs is 1. The number of benzene rings is 1. The molecule has 0 aromatic heterocycles. The molecule has 1 aromatic carbocycles. The average molecular weight is 368 g/mol. The van der Waals surface area contributed by atoms with Crippen LogP contribution >= 0.6 is 0 Å². The van der Waals surface area contributed by atoms with Crippen molar-refractivity contribution in [2.45, 2.75) is 33.2 Å². The summed E-state index contributed by atoms with van der Waals surface area (Å²) < 4.78 is 27.2. The molecular formula is C18H29NO5Si. The second-order valence-electron chi connectivity index (χ2n) is 7.10. The zero-order valence-electron chi connectivity index (χ0n) is 16.2. The third kappa shape index (κ3) is 4.61. The van der Waals surface area contributed by atoms with Crippen LogP contribution in [0.1, 0.15) is 31.9 Å². The van der Waals surface area contributed by atoms with Gasteiger partial charge in [0.15, 0.2) is 11.5 Å². The normalized spacial score (nSPS) is 17.3. The summed E-state index contributed by atoms with van der Waals surface area (Å²) in [5.41, 5.74) is 3.18. The van der Waals surface area contributed by atoms with Crippen LogP contribution in [0.3, 0.4) is 0 Å². The molecule has 1 aliphatic rings. The molecule has 140 valence electrons. The smallest absolute Gasteiger partial charge is 0.484 e. The summed E-state index contributed by atoms with van der Waals surface area (Å²) in [6.07, 6.45) is 0.859. The van der Waals surface area contributed by atoms with Crippen LogP contribution in [-0.4, -0.2) is 56.3 Å². The molecular weight excluding hydrogens is 338 g/mol. The zero-order chi connectivity index (χ0) is 18.6. The Labute approximate surface area is 152 Å². The lowest BCUT2D eigenvalue weighted by molar-refractivity contribution is 0.152. The number of aliphatic imine (C=N–C) groups is 1. The van der Waals surface area contributed by atoms with Crippen molar-refractivity contribution < 1.29 is 22.8 Å². The summed E-state index contributed by atoms with van der Waals surface area (Å²) in [5, 5.41) is 0. The Hall–Kier alpha value is -1.41. The van der Waals surface area contributed by atoms with Crippen molar-refractivity contribution >= 4 is 15.2 Å². The first-order valence-electron chi connectivity index (χ1n) is 8.33. The number of ether oxygens (including phenoxy) is 2. The molecule has 0 amide bonds. The topological polar surface area (TPSA) is 58.5 Å². The van der Waals surface area contributed by atoms with E-state index in [1.807, 2.05) is 12.1 Å². The highest BCUT2D eigenvalue weighted by Gasteiger charge is 2.31. The van der Waals surface area contributed by atoms with Gasteiger partial charge in [0.05, 0.1) is 32.6 Å². The Morgan fingerprint density at radius 3 is 2.16 bits per heavy atom. The van der Waals surface area contributed by atoms with Crippen LogP contribution in [0.15, 0.2) is 17.1 Å². The molecule has 1 aromatic rings. The Balaban J connectivity index is 2.41. The second-order valence-corrected chi connectivity index (χ2v) is 8.95. The van der Waals surface area contributed by atoms with E-state index in [0.29, 0.717) is 12.4 Å². The highest BCUT2D eigenvalue weighted by molar-refractivity contribution is 6.36. The van der Waals surface area contributed by atoms with Crippen molar-refractivity contribution in [3.05, 3.63) is 23.3 Å². The lowest BCUT2D eigenvalue weighted by Gasteiger charge is -2.33. The summed E-state index contributed by atoms with van der Waals surface area (Å²) >= 11 is 0. The first-order chi connectivity index (χ1) is 11.8. The molecule has 6 nitrogen and oxygen atoms in total. The van der Waals surface area contributed by atoms with Crippen LogP contribution in [0.5, 0.6) is 11.5 Å². The van der Waals surface area contributed by atoms with Crippen molar-refractivity contribution in [3.8, 4) is 11.5 Å². The van der Waals surface area contributed by atoms with Crippen LogP contribution in [-0.2, 0) is 19.7 Å². The molecule has 0 aliphatic carbocycles. The zero-order valence-corrected chi connectivity index (χ0v) is 17.4. The number of methoxy groups -OCH3 is 2. The molecule has 7 heteroatoms. The Kier molecular flexibility index (Phi) is 6.62. The molecule has 0 radical (unpaired) electrons. The molecule has 1 atom stereocenters. The number of rotatable bonds is 7. The van der Waals surface area contributed by atoms with E-state index in [0.717, 1.165) is 23.4 Å². The van der Waals surface area contributed by atoms with Gasteiger partial charge in [0.2, 0.25) is 0 Å². The van der Waals surface area contributed by atoms with E-state index in [9.17, 15) is 0 Å². The lowest BCUT2D eigenvalue weighted by atomic mass is 9.80. The first-order valence-corrected chi connectivity index (χ1v) is 9.74. The van der Waals surface area contributed by atoms with Gasteiger partial charge in [-0.05, 0) is 29.5 Å². The molecule has 0 spiro atoms. The highest BCUT2D eigenvalue weighted by atomic mass is 28.3. The van der Waals surface area contributed by atoms with E-state index < -0.39 is 9.53 Å². The molecule has 25 heavy (non-hydrogen) atoms. The fraction of sp³-hybridized carbons (Fsp3) is 0.611. The van der Waals surface area contributed by atoms with E-state index >= 15 is 0 Å². The minimum Gasteiger partial charge on any atom is -0.493 e. The first kappa shape index (κ1) is 19.9. The third-order valence-electron chi connectivity index (χ3n) is 4.39. The Morgan fingerprint density at radius 1 is 1.04 bits per heavy atom. The van der Waals surface area contributed by atoms with Crippen LogP contribution in [0.25, 0.3) is 0 Å². The van der Waals surface area contributed by atoms with Crippen LogP contribution in [0.4, 0.5) is 0 Å². The van der Waals surface area contributed by atoms with Crippen molar-refractivity contribution in [1.82, 2.24) is 0 Å². The predicted molar refractivity (Wildman–Crippen MR) is 100 cm³/mol. The van der Waals surface area contributed by atoms with Crippen molar-refractivity contribution in [3.63, 3.8) is 0 Å². The van der Waals surface area contributed by atoms with E-state index in [1.165, 1.54) is 5.56 Å². The summed E-state index contributed by atoms with van der Waals surface area (Å²) in [5.74, 6) is 1.42. The quantitative estimate of drug-likeness (QED) is 0.693.